The molecule has 0 saturated carbocycles. The normalized spacial score (nSPS) is 15.3. The Morgan fingerprint density at radius 1 is 0.735 bits per heavy atom. The molecule has 4 aromatic carbocycles. The number of nitrogens with zero attached hydrogens (tertiary/aromatic N) is 1. The highest BCUT2D eigenvalue weighted by atomic mass is 16.3. The number of aromatic hydroxyl groups is 1. The maximum atomic E-state index is 11.7. The standard InChI is InChI=1S/C45H49N3O/c1-29-18-19-37(42(46)38-27-35(44(2,3)4)28-39(43(38)49)45(5,6)7)41(22-29)48-36-24-33(31-16-12-9-13-17-31)23-34(25-36)40-26-32(20-21-47-40)30-14-10-8-11-15-30/h8-17,20-21,23-29,46,48-49H,18-19,22H2,1-7H3. The number of phenolic OH excluding ortho intramolecular Hbond substituents is 1. The van der Waals surface area contributed by atoms with Crippen molar-refractivity contribution in [3.05, 3.63) is 137 Å². The summed E-state index contributed by atoms with van der Waals surface area (Å²) in [5.74, 6) is 0.688. The van der Waals surface area contributed by atoms with Gasteiger partial charge in [-0.2, -0.15) is 0 Å². The van der Waals surface area contributed by atoms with E-state index in [9.17, 15) is 10.5 Å². The maximum Gasteiger partial charge on any atom is 0.128 e. The molecule has 250 valence electrons. The fourth-order valence-corrected chi connectivity index (χ4v) is 6.73. The molecule has 6 rings (SSSR count). The van der Waals surface area contributed by atoms with Gasteiger partial charge in [-0.15, -0.1) is 0 Å². The summed E-state index contributed by atoms with van der Waals surface area (Å²) >= 11 is 0. The van der Waals surface area contributed by atoms with Crippen molar-refractivity contribution in [3.8, 4) is 39.3 Å². The van der Waals surface area contributed by atoms with Gasteiger partial charge < -0.3 is 10.4 Å². The molecule has 3 N–H and O–H groups in total. The second-order valence-corrected chi connectivity index (χ2v) is 15.7. The minimum atomic E-state index is -0.267. The van der Waals surface area contributed by atoms with Crippen LogP contribution in [0.4, 0.5) is 5.69 Å². The van der Waals surface area contributed by atoms with Crippen LogP contribution < -0.4 is 5.32 Å². The first kappa shape index (κ1) is 33.9. The first-order chi connectivity index (χ1) is 23.3. The van der Waals surface area contributed by atoms with Crippen molar-refractivity contribution < 1.29 is 5.11 Å². The summed E-state index contributed by atoms with van der Waals surface area (Å²) in [5, 5.41) is 25.1. The summed E-state index contributed by atoms with van der Waals surface area (Å²) in [6.45, 7) is 15.2. The largest absolute Gasteiger partial charge is 0.507 e. The SMILES string of the molecule is CC1CCC(C(=N)c2cc(C(C)(C)C)cc(C(C)(C)C)c2O)=C(Nc2cc(-c3ccccc3)cc(-c3cc(-c4ccccc4)ccn3)c2)C1. The third-order valence-electron chi connectivity index (χ3n) is 9.66. The Morgan fingerprint density at radius 3 is 2.00 bits per heavy atom. The number of hydrogen-bond donors (Lipinski definition) is 3. The Kier molecular flexibility index (Phi) is 9.35. The Morgan fingerprint density at radius 2 is 1.37 bits per heavy atom. The van der Waals surface area contributed by atoms with Crippen LogP contribution in [0.25, 0.3) is 33.5 Å². The molecule has 0 saturated heterocycles. The van der Waals surface area contributed by atoms with Gasteiger partial charge in [-0.05, 0) is 106 Å². The summed E-state index contributed by atoms with van der Waals surface area (Å²) in [6, 6.07) is 35.8. The Balaban J connectivity index is 1.46. The zero-order valence-corrected chi connectivity index (χ0v) is 30.0. The molecule has 1 heterocycles. The maximum absolute atomic E-state index is 11.7. The van der Waals surface area contributed by atoms with E-state index in [1.54, 1.807) is 0 Å². The number of allylic oxidation sites excluding steroid dienone is 2. The topological polar surface area (TPSA) is 69.0 Å². The second-order valence-electron chi connectivity index (χ2n) is 15.7. The molecule has 1 aromatic heterocycles. The summed E-state index contributed by atoms with van der Waals surface area (Å²) in [4.78, 5) is 4.82. The summed E-state index contributed by atoms with van der Waals surface area (Å²) in [5.41, 5.74) is 12.0. The first-order valence-corrected chi connectivity index (χ1v) is 17.5. The number of rotatable bonds is 7. The van der Waals surface area contributed by atoms with Crippen LogP contribution in [0.5, 0.6) is 5.75 Å². The minimum absolute atomic E-state index is 0.126. The van der Waals surface area contributed by atoms with Gasteiger partial charge in [0.15, 0.2) is 0 Å². The minimum Gasteiger partial charge on any atom is -0.507 e. The van der Waals surface area contributed by atoms with Crippen molar-refractivity contribution in [2.75, 3.05) is 5.32 Å². The van der Waals surface area contributed by atoms with Gasteiger partial charge in [-0.3, -0.25) is 10.4 Å². The number of phenols is 1. The number of pyridine rings is 1. The predicted octanol–water partition coefficient (Wildman–Crippen LogP) is 11.9. The number of aromatic nitrogens is 1. The highest BCUT2D eigenvalue weighted by molar-refractivity contribution is 6.13. The van der Waals surface area contributed by atoms with Crippen LogP contribution in [0, 0.1) is 11.3 Å². The fourth-order valence-electron chi connectivity index (χ4n) is 6.73. The summed E-state index contributed by atoms with van der Waals surface area (Å²) in [6.07, 6.45) is 4.49. The average Bonchev–Trinajstić information content (AvgIpc) is 3.08. The van der Waals surface area contributed by atoms with Gasteiger partial charge in [0.1, 0.15) is 5.75 Å². The summed E-state index contributed by atoms with van der Waals surface area (Å²) < 4.78 is 0. The molecule has 5 aromatic rings. The number of benzene rings is 4. The van der Waals surface area contributed by atoms with E-state index in [4.69, 9.17) is 4.98 Å². The number of nitrogens with one attached hydrogen (secondary N) is 2. The van der Waals surface area contributed by atoms with Gasteiger partial charge in [-0.1, -0.05) is 115 Å². The molecule has 0 radical (unpaired) electrons. The van der Waals surface area contributed by atoms with Gasteiger partial charge >= 0.3 is 0 Å². The van der Waals surface area contributed by atoms with E-state index < -0.39 is 0 Å². The summed E-state index contributed by atoms with van der Waals surface area (Å²) in [7, 11) is 0. The Bertz CT molecular complexity index is 2010. The van der Waals surface area contributed by atoms with Gasteiger partial charge in [0.05, 0.1) is 11.4 Å². The van der Waals surface area contributed by atoms with Crippen molar-refractivity contribution in [1.29, 1.82) is 5.41 Å². The molecule has 1 aliphatic rings. The molecule has 0 fully saturated rings. The Hall–Kier alpha value is -4.96. The molecule has 4 heteroatoms. The van der Waals surface area contributed by atoms with Crippen LogP contribution in [0.3, 0.4) is 0 Å². The molecule has 49 heavy (non-hydrogen) atoms. The van der Waals surface area contributed by atoms with Gasteiger partial charge in [-0.25, -0.2) is 0 Å². The van der Waals surface area contributed by atoms with Crippen molar-refractivity contribution in [2.24, 2.45) is 5.92 Å². The lowest BCUT2D eigenvalue weighted by Crippen LogP contribution is -2.22. The van der Waals surface area contributed by atoms with E-state index in [1.165, 1.54) is 0 Å². The number of hydrogen-bond acceptors (Lipinski definition) is 4. The quantitative estimate of drug-likeness (QED) is 0.154. The second kappa shape index (κ2) is 13.5. The van der Waals surface area contributed by atoms with Gasteiger partial charge in [0, 0.05) is 34.3 Å². The van der Waals surface area contributed by atoms with Crippen molar-refractivity contribution in [2.45, 2.75) is 78.6 Å². The van der Waals surface area contributed by atoms with E-state index in [2.05, 4.69) is 139 Å². The van der Waals surface area contributed by atoms with Crippen molar-refractivity contribution in [3.63, 3.8) is 0 Å². The smallest absolute Gasteiger partial charge is 0.128 e. The molecule has 1 aliphatic carbocycles. The van der Waals surface area contributed by atoms with Crippen molar-refractivity contribution >= 4 is 11.4 Å². The van der Waals surface area contributed by atoms with Crippen LogP contribution >= 0.6 is 0 Å². The van der Waals surface area contributed by atoms with Crippen LogP contribution in [0.1, 0.15) is 84.4 Å². The van der Waals surface area contributed by atoms with Crippen molar-refractivity contribution in [1.82, 2.24) is 4.98 Å². The van der Waals surface area contributed by atoms with Gasteiger partial charge in [0.25, 0.3) is 0 Å². The molecular weight excluding hydrogens is 599 g/mol. The van der Waals surface area contributed by atoms with Crippen LogP contribution in [0.2, 0.25) is 0 Å². The predicted molar refractivity (Wildman–Crippen MR) is 207 cm³/mol. The molecule has 0 bridgehead atoms. The van der Waals surface area contributed by atoms with E-state index in [0.29, 0.717) is 17.2 Å². The monoisotopic (exact) mass is 647 g/mol. The van der Waals surface area contributed by atoms with Gasteiger partial charge in [0.2, 0.25) is 0 Å². The molecule has 0 aliphatic heterocycles. The third kappa shape index (κ3) is 7.54. The van der Waals surface area contributed by atoms with Crippen LogP contribution in [0.15, 0.2) is 121 Å². The lowest BCUT2D eigenvalue weighted by molar-refractivity contribution is 0.443. The lowest BCUT2D eigenvalue weighted by atomic mass is 9.77. The van der Waals surface area contributed by atoms with E-state index in [-0.39, 0.29) is 16.6 Å². The zero-order chi connectivity index (χ0) is 34.9. The molecule has 0 amide bonds. The van der Waals surface area contributed by atoms with E-state index in [1.807, 2.05) is 24.4 Å². The molecule has 1 atom stereocenters. The Labute approximate surface area is 292 Å². The van der Waals surface area contributed by atoms with Crippen LogP contribution in [-0.4, -0.2) is 15.8 Å². The van der Waals surface area contributed by atoms with E-state index in [0.717, 1.165) is 80.9 Å². The third-order valence-corrected chi connectivity index (χ3v) is 9.66. The van der Waals surface area contributed by atoms with E-state index >= 15 is 0 Å². The molecular formula is C45H49N3O. The molecule has 1 unspecified atom stereocenters. The molecule has 0 spiro atoms. The first-order valence-electron chi connectivity index (χ1n) is 17.5. The fraction of sp³-hybridized carbons (Fsp3) is 0.289. The highest BCUT2D eigenvalue weighted by Crippen LogP contribution is 2.41. The number of anilines is 1. The average molecular weight is 648 g/mol. The zero-order valence-electron chi connectivity index (χ0n) is 30.0. The van der Waals surface area contributed by atoms with Crippen LogP contribution in [-0.2, 0) is 10.8 Å². The lowest BCUT2D eigenvalue weighted by Gasteiger charge is -2.30. The highest BCUT2D eigenvalue weighted by Gasteiger charge is 2.29. The molecule has 4 nitrogen and oxygen atoms in total.